The number of rotatable bonds is 9. The third-order valence-corrected chi connectivity index (χ3v) is 12.7. The number of nitrogens with one attached hydrogen (secondary N) is 1. The summed E-state index contributed by atoms with van der Waals surface area (Å²) in [7, 11) is 4.55. The first-order valence-corrected chi connectivity index (χ1v) is 19.9. The quantitative estimate of drug-likeness (QED) is 0.147. The van der Waals surface area contributed by atoms with E-state index in [2.05, 4.69) is 10.4 Å². The van der Waals surface area contributed by atoms with Crippen molar-refractivity contribution in [2.45, 2.75) is 43.3 Å². The molecule has 0 radical (unpaired) electrons. The summed E-state index contributed by atoms with van der Waals surface area (Å²) in [6.07, 6.45) is 1.59. The largest absolute Gasteiger partial charge is 0.508 e. The molecule has 2 fully saturated rings. The number of halogens is 3. The van der Waals surface area contributed by atoms with Gasteiger partial charge in [-0.2, -0.15) is 5.01 Å². The number of phenols is 1. The van der Waals surface area contributed by atoms with E-state index in [0.29, 0.717) is 44.3 Å². The van der Waals surface area contributed by atoms with E-state index in [1.165, 1.54) is 64.5 Å². The Morgan fingerprint density at radius 3 is 2.31 bits per heavy atom. The fourth-order valence-corrected chi connectivity index (χ4v) is 9.75. The summed E-state index contributed by atoms with van der Waals surface area (Å²) in [4.78, 5) is 77.0. The van der Waals surface area contributed by atoms with Crippen LogP contribution in [0.3, 0.4) is 0 Å². The number of aryl methyl sites for hydroxylation is 2. The highest BCUT2D eigenvalue weighted by atomic mass is 35.5. The maximum absolute atomic E-state index is 15.3. The third kappa shape index (κ3) is 6.06. The summed E-state index contributed by atoms with van der Waals surface area (Å²) in [5.74, 6) is -3.31. The summed E-state index contributed by atoms with van der Waals surface area (Å²) < 4.78 is 29.8. The van der Waals surface area contributed by atoms with Gasteiger partial charge in [0.15, 0.2) is 11.5 Å². The van der Waals surface area contributed by atoms with Crippen molar-refractivity contribution in [1.29, 1.82) is 0 Å². The number of ether oxygens (including phenoxy) is 2. The van der Waals surface area contributed by atoms with Gasteiger partial charge in [0, 0.05) is 48.1 Å². The molecule has 1 aliphatic carbocycles. The van der Waals surface area contributed by atoms with Crippen molar-refractivity contribution in [3.63, 3.8) is 0 Å². The van der Waals surface area contributed by atoms with Crippen molar-refractivity contribution >= 4 is 51.7 Å². The molecule has 4 atom stereocenters. The van der Waals surface area contributed by atoms with Crippen LogP contribution in [0.15, 0.2) is 105 Å². The molecule has 4 heterocycles. The normalized spacial score (nSPS) is 20.6. The Labute approximate surface area is 355 Å². The van der Waals surface area contributed by atoms with Gasteiger partial charge in [-0.3, -0.25) is 19.8 Å². The Morgan fingerprint density at radius 1 is 0.918 bits per heavy atom. The number of nitrogens with zero attached hydrogens (tertiary/aromatic N) is 6. The van der Waals surface area contributed by atoms with Crippen molar-refractivity contribution in [1.82, 2.24) is 28.5 Å². The number of hydrazine groups is 1. The average molecular weight is 869 g/mol. The van der Waals surface area contributed by atoms with Crippen LogP contribution in [0.25, 0.3) is 11.0 Å². The molecular weight excluding hydrogens is 832 g/mol. The van der Waals surface area contributed by atoms with Gasteiger partial charge in [0.2, 0.25) is 0 Å². The van der Waals surface area contributed by atoms with Gasteiger partial charge in [0.25, 0.3) is 17.4 Å². The number of hydrogen-bond acceptors (Lipinski definition) is 10. The Balaban J connectivity index is 1.17. The lowest BCUT2D eigenvalue weighted by atomic mass is 9.53. The molecule has 2 aromatic heterocycles. The van der Waals surface area contributed by atoms with Crippen LogP contribution in [0.1, 0.15) is 35.2 Å². The molecule has 61 heavy (non-hydrogen) atoms. The highest BCUT2D eigenvalue weighted by Crippen LogP contribution is 2.62. The Morgan fingerprint density at radius 2 is 1.62 bits per heavy atom. The lowest BCUT2D eigenvalue weighted by molar-refractivity contribution is -0.138. The van der Waals surface area contributed by atoms with E-state index in [1.807, 2.05) is 0 Å². The van der Waals surface area contributed by atoms with Crippen LogP contribution < -0.4 is 31.8 Å². The van der Waals surface area contributed by atoms with Crippen LogP contribution in [0.5, 0.6) is 17.2 Å². The topological polar surface area (TPSA) is 172 Å². The monoisotopic (exact) mass is 867 g/mol. The second kappa shape index (κ2) is 14.8. The number of aromatic nitrogens is 5. The highest BCUT2D eigenvalue weighted by Gasteiger charge is 2.69. The molecule has 4 aromatic carbocycles. The molecule has 2 aliphatic heterocycles. The molecule has 312 valence electrons. The Bertz CT molecular complexity index is 3030. The fourth-order valence-electron chi connectivity index (χ4n) is 9.34. The second-order valence-corrected chi connectivity index (χ2v) is 16.0. The number of aromatic hydroxyl groups is 1. The highest BCUT2D eigenvalue weighted by molar-refractivity contribution is 6.32. The molecule has 15 nitrogen and oxygen atoms in total. The second-order valence-electron chi connectivity index (χ2n) is 15.1. The summed E-state index contributed by atoms with van der Waals surface area (Å²) in [6.45, 7) is -0.288. The first-order chi connectivity index (χ1) is 29.3. The Kier molecular flexibility index (Phi) is 9.66. The van der Waals surface area contributed by atoms with Crippen LogP contribution in [0, 0.1) is 11.7 Å². The van der Waals surface area contributed by atoms with Gasteiger partial charge in [-0.25, -0.2) is 32.9 Å². The maximum atomic E-state index is 15.3. The van der Waals surface area contributed by atoms with Crippen molar-refractivity contribution in [3.8, 4) is 17.2 Å². The van der Waals surface area contributed by atoms with E-state index in [-0.39, 0.29) is 48.1 Å². The molecule has 0 spiro atoms. The van der Waals surface area contributed by atoms with Gasteiger partial charge < -0.3 is 19.1 Å². The van der Waals surface area contributed by atoms with Crippen molar-refractivity contribution in [3.05, 3.63) is 155 Å². The van der Waals surface area contributed by atoms with Crippen LogP contribution in [0.4, 0.5) is 10.1 Å². The van der Waals surface area contributed by atoms with Crippen LogP contribution in [0.2, 0.25) is 10.0 Å². The number of amides is 2. The molecule has 1 saturated heterocycles. The molecular formula is C43H36Cl2FN7O8. The van der Waals surface area contributed by atoms with Crippen molar-refractivity contribution in [2.24, 2.45) is 13.0 Å². The van der Waals surface area contributed by atoms with E-state index < -0.39 is 57.9 Å². The lowest BCUT2D eigenvalue weighted by Crippen LogP contribution is -2.53. The lowest BCUT2D eigenvalue weighted by Gasteiger charge is -2.49. The number of methoxy groups -OCH3 is 2. The van der Waals surface area contributed by atoms with Gasteiger partial charge in [-0.1, -0.05) is 47.5 Å². The first kappa shape index (κ1) is 39.8. The number of fused-ring (bicyclic) bond motifs is 5. The number of imide groups is 1. The third-order valence-electron chi connectivity index (χ3n) is 12.1. The smallest absolute Gasteiger partial charge is 0.347 e. The van der Waals surface area contributed by atoms with E-state index in [9.17, 15) is 28.7 Å². The molecule has 0 bridgehead atoms. The zero-order chi connectivity index (χ0) is 43.1. The molecule has 3 aliphatic rings. The van der Waals surface area contributed by atoms with Gasteiger partial charge in [0.05, 0.1) is 54.9 Å². The summed E-state index contributed by atoms with van der Waals surface area (Å²) in [5.41, 5.74) is 2.09. The molecule has 2 amide bonds. The van der Waals surface area contributed by atoms with Crippen molar-refractivity contribution in [2.75, 3.05) is 19.6 Å². The fraction of sp³-hybridized carbons (Fsp3) is 0.256. The molecule has 0 unspecified atom stereocenters. The standard InChI is InChI=1S/C43H36Cl2FN7O8/c1-49-34-21-36(61-3)35(60-2)20-32(34)47-31(39(49)56)15-16-50-41(58)51-17-14-28-33(53(51)42(50)59)19-29-38(55)52(48-25-10-8-24(46)9-11-25)40(57)43(29,22-4-6-23(44)7-5-22)37(28)27-13-12-26(54)18-30(27)45/h4-14,18,20-21,29,33,37,48,54H,15-17,19H2,1-3H3/t29-,33+,37-,43+/m0/s1. The zero-order valence-electron chi connectivity index (χ0n) is 32.8. The molecule has 1 saturated carbocycles. The molecule has 18 heteroatoms. The predicted octanol–water partition coefficient (Wildman–Crippen LogP) is 5.09. The number of carbonyl (C=O) groups excluding carboxylic acids is 2. The molecule has 6 aromatic rings. The average Bonchev–Trinajstić information content (AvgIpc) is 3.62. The number of benzene rings is 4. The summed E-state index contributed by atoms with van der Waals surface area (Å²) >= 11 is 13.3. The number of hydrogen-bond donors (Lipinski definition) is 2. The minimum Gasteiger partial charge on any atom is -0.508 e. The van der Waals surface area contributed by atoms with E-state index in [0.717, 1.165) is 9.58 Å². The van der Waals surface area contributed by atoms with Gasteiger partial charge in [-0.15, -0.1) is 0 Å². The first-order valence-electron chi connectivity index (χ1n) is 19.2. The minimum atomic E-state index is -1.69. The number of carbonyl (C=O) groups is 2. The van der Waals surface area contributed by atoms with Crippen LogP contribution >= 0.6 is 23.2 Å². The van der Waals surface area contributed by atoms with E-state index >= 15 is 4.79 Å². The zero-order valence-corrected chi connectivity index (χ0v) is 34.3. The van der Waals surface area contributed by atoms with Gasteiger partial charge in [0.1, 0.15) is 17.3 Å². The SMILES string of the molecule is COc1cc2nc(CCn3c(=O)n4n(c3=O)[C@@H]3C[C@H]5C(=O)N(Nc6ccc(F)cc6)C(=O)[C@@]5(c5ccc(Cl)cc5)[C@@H](c5ccc(O)cc5Cl)C3=CC4)c(=O)n(C)c2cc1OC. The van der Waals surface area contributed by atoms with Crippen LogP contribution in [-0.4, -0.2) is 59.6 Å². The Hall–Kier alpha value is -6.65. The molecule has 2 N–H and O–H groups in total. The van der Waals surface area contributed by atoms with Gasteiger partial charge >= 0.3 is 11.4 Å². The number of anilines is 1. The molecule has 9 rings (SSSR count). The van der Waals surface area contributed by atoms with Crippen LogP contribution in [-0.2, 0) is 41.6 Å². The van der Waals surface area contributed by atoms with E-state index in [1.54, 1.807) is 55.6 Å². The summed E-state index contributed by atoms with van der Waals surface area (Å²) in [6, 6.07) is 18.4. The number of allylic oxidation sites excluding steroid dienone is 2. The number of phenolic OH excluding ortho intramolecular Hbond substituents is 1. The predicted molar refractivity (Wildman–Crippen MR) is 223 cm³/mol. The summed E-state index contributed by atoms with van der Waals surface area (Å²) in [5, 5.41) is 11.8. The van der Waals surface area contributed by atoms with Gasteiger partial charge in [-0.05, 0) is 71.7 Å². The minimum absolute atomic E-state index is 0.0773. The van der Waals surface area contributed by atoms with Crippen molar-refractivity contribution < 1.29 is 28.6 Å². The van der Waals surface area contributed by atoms with E-state index in [4.69, 9.17) is 32.7 Å². The maximum Gasteiger partial charge on any atom is 0.347 e.